The molecule has 1 aromatic rings. The largest absolute Gasteiger partial charge is 0.496 e. The first kappa shape index (κ1) is 14.1. The lowest BCUT2D eigenvalue weighted by molar-refractivity contribution is 0.0897. The van der Waals surface area contributed by atoms with Crippen molar-refractivity contribution in [2.45, 2.75) is 32.6 Å². The smallest absolute Gasteiger partial charge is 0.174 e. The molecule has 0 aromatic heterocycles. The Hall–Kier alpha value is -1.35. The lowest BCUT2D eigenvalue weighted by atomic mass is 9.91. The normalized spacial score (nSPS) is 16.5. The molecule has 104 valence electrons. The fourth-order valence-corrected chi connectivity index (χ4v) is 2.52. The van der Waals surface area contributed by atoms with Crippen molar-refractivity contribution in [1.82, 2.24) is 5.32 Å². The van der Waals surface area contributed by atoms with Crippen LogP contribution in [0.5, 0.6) is 5.75 Å². The number of ether oxygens (including phenoxy) is 1. The maximum absolute atomic E-state index is 12.8. The standard InChI is InChI=1S/C16H23NO2/c1-11(2)12-5-6-14(19-4)13(9-12)15(18)16(7-8-16)10-17-3/h5-6,9,11,17H,7-8,10H2,1-4H3. The van der Waals surface area contributed by atoms with Crippen LogP contribution in [-0.4, -0.2) is 26.5 Å². The van der Waals surface area contributed by atoms with Crippen molar-refractivity contribution in [3.05, 3.63) is 29.3 Å². The third kappa shape index (κ3) is 2.66. The summed E-state index contributed by atoms with van der Waals surface area (Å²) in [7, 11) is 3.52. The molecule has 0 heterocycles. The van der Waals surface area contributed by atoms with Gasteiger partial charge in [0.25, 0.3) is 0 Å². The summed E-state index contributed by atoms with van der Waals surface area (Å²) in [5.41, 5.74) is 1.73. The molecule has 0 unspecified atom stereocenters. The number of ketones is 1. The van der Waals surface area contributed by atoms with Crippen LogP contribution in [0.25, 0.3) is 0 Å². The van der Waals surface area contributed by atoms with Gasteiger partial charge in [-0.3, -0.25) is 4.79 Å². The Morgan fingerprint density at radius 3 is 2.58 bits per heavy atom. The van der Waals surface area contributed by atoms with Crippen LogP contribution in [-0.2, 0) is 0 Å². The van der Waals surface area contributed by atoms with Gasteiger partial charge in [0.1, 0.15) is 5.75 Å². The van der Waals surface area contributed by atoms with Gasteiger partial charge in [-0.25, -0.2) is 0 Å². The molecule has 3 heteroatoms. The van der Waals surface area contributed by atoms with Crippen molar-refractivity contribution in [2.75, 3.05) is 20.7 Å². The molecule has 0 aliphatic heterocycles. The number of hydrogen-bond acceptors (Lipinski definition) is 3. The van der Waals surface area contributed by atoms with Gasteiger partial charge in [-0.05, 0) is 43.5 Å². The summed E-state index contributed by atoms with van der Waals surface area (Å²) < 4.78 is 5.36. The number of carbonyl (C=O) groups excluding carboxylic acids is 1. The van der Waals surface area contributed by atoms with E-state index in [1.54, 1.807) is 7.11 Å². The summed E-state index contributed by atoms with van der Waals surface area (Å²) in [4.78, 5) is 12.8. The van der Waals surface area contributed by atoms with Gasteiger partial charge in [-0.15, -0.1) is 0 Å². The van der Waals surface area contributed by atoms with Crippen LogP contribution in [0, 0.1) is 5.41 Å². The molecule has 0 amide bonds. The van der Waals surface area contributed by atoms with Gasteiger partial charge in [-0.2, -0.15) is 0 Å². The molecule has 19 heavy (non-hydrogen) atoms. The van der Waals surface area contributed by atoms with Crippen LogP contribution in [0.15, 0.2) is 18.2 Å². The Bertz CT molecular complexity index is 476. The second-order valence-electron chi connectivity index (χ2n) is 5.75. The third-order valence-corrected chi connectivity index (χ3v) is 3.99. The summed E-state index contributed by atoms with van der Waals surface area (Å²) in [6.07, 6.45) is 1.95. The maximum Gasteiger partial charge on any atom is 0.174 e. The molecule has 1 N–H and O–H groups in total. The molecule has 1 saturated carbocycles. The zero-order valence-corrected chi connectivity index (χ0v) is 12.2. The highest BCUT2D eigenvalue weighted by atomic mass is 16.5. The van der Waals surface area contributed by atoms with E-state index in [2.05, 4.69) is 19.2 Å². The molecule has 0 atom stereocenters. The number of carbonyl (C=O) groups is 1. The number of Topliss-reactive ketones (excluding diaryl/α,β-unsaturated/α-hetero) is 1. The number of nitrogens with one attached hydrogen (secondary N) is 1. The molecule has 0 radical (unpaired) electrons. The van der Waals surface area contributed by atoms with Crippen LogP contribution in [0.1, 0.15) is 48.5 Å². The van der Waals surface area contributed by atoms with E-state index in [1.165, 1.54) is 5.56 Å². The van der Waals surface area contributed by atoms with E-state index < -0.39 is 0 Å². The van der Waals surface area contributed by atoms with Gasteiger partial charge in [0, 0.05) is 12.0 Å². The van der Waals surface area contributed by atoms with Crippen LogP contribution in [0.4, 0.5) is 0 Å². The quantitative estimate of drug-likeness (QED) is 0.800. The Balaban J connectivity index is 2.37. The molecular weight excluding hydrogens is 238 g/mol. The fraction of sp³-hybridized carbons (Fsp3) is 0.562. The minimum absolute atomic E-state index is 0.197. The molecule has 1 aromatic carbocycles. The summed E-state index contributed by atoms with van der Waals surface area (Å²) in [5, 5.41) is 3.13. The first-order chi connectivity index (χ1) is 9.04. The van der Waals surface area contributed by atoms with E-state index in [9.17, 15) is 4.79 Å². The van der Waals surface area contributed by atoms with Crippen LogP contribution < -0.4 is 10.1 Å². The van der Waals surface area contributed by atoms with Crippen molar-refractivity contribution in [1.29, 1.82) is 0 Å². The first-order valence-electron chi connectivity index (χ1n) is 6.91. The summed E-state index contributed by atoms with van der Waals surface area (Å²) in [6, 6.07) is 5.96. The predicted octanol–water partition coefficient (Wildman–Crippen LogP) is 3.00. The SMILES string of the molecule is CNCC1(C(=O)c2cc(C(C)C)ccc2OC)CC1. The van der Waals surface area contributed by atoms with E-state index in [-0.39, 0.29) is 11.2 Å². The van der Waals surface area contributed by atoms with E-state index in [4.69, 9.17) is 4.74 Å². The zero-order valence-electron chi connectivity index (χ0n) is 12.2. The monoisotopic (exact) mass is 261 g/mol. The zero-order chi connectivity index (χ0) is 14.0. The molecule has 3 nitrogen and oxygen atoms in total. The Labute approximate surface area is 115 Å². The van der Waals surface area contributed by atoms with Gasteiger partial charge < -0.3 is 10.1 Å². The average Bonchev–Trinajstić information content (AvgIpc) is 3.18. The molecule has 1 aliphatic carbocycles. The molecule has 1 fully saturated rings. The number of methoxy groups -OCH3 is 1. The summed E-state index contributed by atoms with van der Waals surface area (Å²) in [6.45, 7) is 5.02. The summed E-state index contributed by atoms with van der Waals surface area (Å²) in [5.74, 6) is 1.33. The van der Waals surface area contributed by atoms with E-state index in [1.807, 2.05) is 25.2 Å². The van der Waals surface area contributed by atoms with Crippen molar-refractivity contribution in [3.8, 4) is 5.75 Å². The third-order valence-electron chi connectivity index (χ3n) is 3.99. The maximum atomic E-state index is 12.8. The van der Waals surface area contributed by atoms with Crippen molar-refractivity contribution in [3.63, 3.8) is 0 Å². The van der Waals surface area contributed by atoms with E-state index >= 15 is 0 Å². The molecule has 0 spiro atoms. The lowest BCUT2D eigenvalue weighted by Crippen LogP contribution is -2.28. The van der Waals surface area contributed by atoms with Crippen molar-refractivity contribution >= 4 is 5.78 Å². The van der Waals surface area contributed by atoms with Gasteiger partial charge in [0.15, 0.2) is 5.78 Å². The molecule has 0 saturated heterocycles. The molecule has 2 rings (SSSR count). The van der Waals surface area contributed by atoms with Crippen molar-refractivity contribution < 1.29 is 9.53 Å². The molecular formula is C16H23NO2. The predicted molar refractivity (Wildman–Crippen MR) is 77.0 cm³/mol. The van der Waals surface area contributed by atoms with Crippen LogP contribution >= 0.6 is 0 Å². The average molecular weight is 261 g/mol. The van der Waals surface area contributed by atoms with Crippen LogP contribution in [0.2, 0.25) is 0 Å². The van der Waals surface area contributed by atoms with Gasteiger partial charge in [0.05, 0.1) is 12.7 Å². The van der Waals surface area contributed by atoms with Crippen LogP contribution in [0.3, 0.4) is 0 Å². The second-order valence-corrected chi connectivity index (χ2v) is 5.75. The highest BCUT2D eigenvalue weighted by Crippen LogP contribution is 2.48. The first-order valence-corrected chi connectivity index (χ1v) is 6.91. The lowest BCUT2D eigenvalue weighted by Gasteiger charge is -2.17. The minimum Gasteiger partial charge on any atom is -0.496 e. The van der Waals surface area contributed by atoms with E-state index in [0.717, 1.165) is 24.9 Å². The molecule has 0 bridgehead atoms. The number of hydrogen-bond donors (Lipinski definition) is 1. The molecule has 1 aliphatic rings. The topological polar surface area (TPSA) is 38.3 Å². The van der Waals surface area contributed by atoms with Gasteiger partial charge >= 0.3 is 0 Å². The van der Waals surface area contributed by atoms with E-state index in [0.29, 0.717) is 11.7 Å². The fourth-order valence-electron chi connectivity index (χ4n) is 2.52. The minimum atomic E-state index is -0.197. The highest BCUT2D eigenvalue weighted by Gasteiger charge is 2.49. The Morgan fingerprint density at radius 1 is 1.42 bits per heavy atom. The number of rotatable bonds is 6. The Kier molecular flexibility index (Phi) is 3.95. The Morgan fingerprint density at radius 2 is 2.11 bits per heavy atom. The van der Waals surface area contributed by atoms with Gasteiger partial charge in [-0.1, -0.05) is 19.9 Å². The number of benzene rings is 1. The summed E-state index contributed by atoms with van der Waals surface area (Å²) >= 11 is 0. The van der Waals surface area contributed by atoms with Crippen molar-refractivity contribution in [2.24, 2.45) is 5.41 Å². The highest BCUT2D eigenvalue weighted by molar-refractivity contribution is 6.04. The van der Waals surface area contributed by atoms with Gasteiger partial charge in [0.2, 0.25) is 0 Å². The second kappa shape index (κ2) is 5.33.